The van der Waals surface area contributed by atoms with E-state index >= 15 is 0 Å². The monoisotopic (exact) mass is 340 g/mol. The SMILES string of the molecule is CC(C)Cc1ccc([C@H](C)C(=O)N2CCCC(c3ncn[nH]3)C2)cc1. The minimum Gasteiger partial charge on any atom is -0.341 e. The number of nitrogens with zero attached hydrogens (tertiary/aromatic N) is 3. The van der Waals surface area contributed by atoms with Crippen LogP contribution >= 0.6 is 0 Å². The lowest BCUT2D eigenvalue weighted by Crippen LogP contribution is -2.41. The van der Waals surface area contributed by atoms with Crippen LogP contribution in [-0.2, 0) is 11.2 Å². The molecule has 25 heavy (non-hydrogen) atoms. The Balaban J connectivity index is 1.65. The van der Waals surface area contributed by atoms with Crippen LogP contribution in [0.4, 0.5) is 0 Å². The fraction of sp³-hybridized carbons (Fsp3) is 0.550. The molecule has 1 aromatic heterocycles. The second-order valence-electron chi connectivity index (χ2n) is 7.56. The minimum absolute atomic E-state index is 0.110. The third-order valence-electron chi connectivity index (χ3n) is 5.05. The summed E-state index contributed by atoms with van der Waals surface area (Å²) in [5.41, 5.74) is 2.43. The molecule has 1 N–H and O–H groups in total. The molecule has 134 valence electrons. The molecule has 1 aliphatic heterocycles. The third kappa shape index (κ3) is 4.27. The van der Waals surface area contributed by atoms with Crippen molar-refractivity contribution in [2.75, 3.05) is 13.1 Å². The Hall–Kier alpha value is -2.17. The van der Waals surface area contributed by atoms with E-state index in [0.29, 0.717) is 5.92 Å². The van der Waals surface area contributed by atoms with Crippen molar-refractivity contribution in [1.29, 1.82) is 0 Å². The van der Waals surface area contributed by atoms with E-state index in [-0.39, 0.29) is 17.7 Å². The van der Waals surface area contributed by atoms with Crippen molar-refractivity contribution < 1.29 is 4.79 Å². The first kappa shape index (κ1) is 17.6. The van der Waals surface area contributed by atoms with Crippen molar-refractivity contribution in [3.8, 4) is 0 Å². The highest BCUT2D eigenvalue weighted by molar-refractivity contribution is 5.83. The van der Waals surface area contributed by atoms with Gasteiger partial charge in [-0.2, -0.15) is 5.10 Å². The summed E-state index contributed by atoms with van der Waals surface area (Å²) in [6.07, 6.45) is 4.68. The molecule has 0 spiro atoms. The molecule has 0 saturated carbocycles. The van der Waals surface area contributed by atoms with E-state index in [1.165, 1.54) is 11.9 Å². The minimum atomic E-state index is -0.110. The number of rotatable bonds is 5. The van der Waals surface area contributed by atoms with Crippen molar-refractivity contribution in [3.05, 3.63) is 47.5 Å². The van der Waals surface area contributed by atoms with Crippen LogP contribution in [0.25, 0.3) is 0 Å². The number of amides is 1. The number of aromatic nitrogens is 3. The van der Waals surface area contributed by atoms with Gasteiger partial charge in [0, 0.05) is 19.0 Å². The molecule has 2 atom stereocenters. The number of hydrogen-bond acceptors (Lipinski definition) is 3. The fourth-order valence-corrected chi connectivity index (χ4v) is 3.64. The Morgan fingerprint density at radius 2 is 2.04 bits per heavy atom. The van der Waals surface area contributed by atoms with Crippen LogP contribution in [0, 0.1) is 5.92 Å². The van der Waals surface area contributed by atoms with Crippen molar-refractivity contribution in [3.63, 3.8) is 0 Å². The summed E-state index contributed by atoms with van der Waals surface area (Å²) in [5.74, 6) is 1.90. The van der Waals surface area contributed by atoms with Gasteiger partial charge in [0.25, 0.3) is 0 Å². The Morgan fingerprint density at radius 1 is 1.28 bits per heavy atom. The van der Waals surface area contributed by atoms with Gasteiger partial charge in [-0.15, -0.1) is 0 Å². The van der Waals surface area contributed by atoms with Crippen molar-refractivity contribution in [2.45, 2.75) is 51.9 Å². The second kappa shape index (κ2) is 7.81. The van der Waals surface area contributed by atoms with Crippen LogP contribution in [0.1, 0.15) is 62.4 Å². The zero-order valence-electron chi connectivity index (χ0n) is 15.4. The molecule has 5 heteroatoms. The number of piperidine rings is 1. The Labute approximate surface area is 149 Å². The summed E-state index contributed by atoms with van der Waals surface area (Å²) in [5, 5.41) is 6.89. The predicted molar refractivity (Wildman–Crippen MR) is 98.3 cm³/mol. The average molecular weight is 340 g/mol. The van der Waals surface area contributed by atoms with E-state index < -0.39 is 0 Å². The number of carbonyl (C=O) groups excluding carboxylic acids is 1. The third-order valence-corrected chi connectivity index (χ3v) is 5.05. The lowest BCUT2D eigenvalue weighted by molar-refractivity contribution is -0.133. The first-order chi connectivity index (χ1) is 12.0. The molecule has 1 saturated heterocycles. The molecule has 2 heterocycles. The maximum atomic E-state index is 13.0. The highest BCUT2D eigenvalue weighted by Crippen LogP contribution is 2.27. The summed E-state index contributed by atoms with van der Waals surface area (Å²) in [4.78, 5) is 19.2. The Kier molecular flexibility index (Phi) is 5.51. The first-order valence-corrected chi connectivity index (χ1v) is 9.27. The molecule has 5 nitrogen and oxygen atoms in total. The van der Waals surface area contributed by atoms with Gasteiger partial charge >= 0.3 is 0 Å². The van der Waals surface area contributed by atoms with E-state index in [4.69, 9.17) is 0 Å². The van der Waals surface area contributed by atoms with E-state index in [1.54, 1.807) is 0 Å². The van der Waals surface area contributed by atoms with Gasteiger partial charge in [-0.1, -0.05) is 38.1 Å². The summed E-state index contributed by atoms with van der Waals surface area (Å²) in [7, 11) is 0. The van der Waals surface area contributed by atoms with E-state index in [2.05, 4.69) is 53.3 Å². The highest BCUT2D eigenvalue weighted by Gasteiger charge is 2.29. The van der Waals surface area contributed by atoms with Gasteiger partial charge in [0.15, 0.2) is 0 Å². The van der Waals surface area contributed by atoms with E-state index in [1.807, 2.05) is 11.8 Å². The Bertz CT molecular complexity index is 678. The molecule has 1 aliphatic rings. The second-order valence-corrected chi connectivity index (χ2v) is 7.56. The number of benzene rings is 1. The molecule has 3 rings (SSSR count). The topological polar surface area (TPSA) is 61.9 Å². The first-order valence-electron chi connectivity index (χ1n) is 9.27. The summed E-state index contributed by atoms with van der Waals surface area (Å²) in [6.45, 7) is 8.02. The lowest BCUT2D eigenvalue weighted by atomic mass is 9.93. The molecule has 2 aromatic rings. The maximum absolute atomic E-state index is 13.0. The van der Waals surface area contributed by atoms with Crippen LogP contribution in [-0.4, -0.2) is 39.1 Å². The van der Waals surface area contributed by atoms with Crippen LogP contribution in [0.15, 0.2) is 30.6 Å². The quantitative estimate of drug-likeness (QED) is 0.906. The number of H-pyrrole nitrogens is 1. The van der Waals surface area contributed by atoms with Gasteiger partial charge in [0.1, 0.15) is 12.2 Å². The predicted octanol–water partition coefficient (Wildman–Crippen LogP) is 3.51. The van der Waals surface area contributed by atoms with Gasteiger partial charge < -0.3 is 4.90 Å². The van der Waals surface area contributed by atoms with E-state index in [0.717, 1.165) is 43.7 Å². The summed E-state index contributed by atoms with van der Waals surface area (Å²) < 4.78 is 0. The van der Waals surface area contributed by atoms with E-state index in [9.17, 15) is 4.79 Å². The van der Waals surface area contributed by atoms with Gasteiger partial charge in [0.2, 0.25) is 5.91 Å². The molecule has 1 aromatic carbocycles. The molecular weight excluding hydrogens is 312 g/mol. The lowest BCUT2D eigenvalue weighted by Gasteiger charge is -2.33. The molecule has 1 fully saturated rings. The van der Waals surface area contributed by atoms with Gasteiger partial charge in [0.05, 0.1) is 5.92 Å². The van der Waals surface area contributed by atoms with Gasteiger partial charge in [-0.25, -0.2) is 4.98 Å². The Morgan fingerprint density at radius 3 is 2.68 bits per heavy atom. The highest BCUT2D eigenvalue weighted by atomic mass is 16.2. The summed E-state index contributed by atoms with van der Waals surface area (Å²) >= 11 is 0. The molecular formula is C20H28N4O. The normalized spacial score (nSPS) is 19.2. The number of aromatic amines is 1. The van der Waals surface area contributed by atoms with Crippen molar-refractivity contribution in [1.82, 2.24) is 20.1 Å². The zero-order valence-corrected chi connectivity index (χ0v) is 15.4. The van der Waals surface area contributed by atoms with Crippen LogP contribution in [0.3, 0.4) is 0 Å². The molecule has 0 radical (unpaired) electrons. The molecule has 0 aliphatic carbocycles. The van der Waals surface area contributed by atoms with Crippen LogP contribution < -0.4 is 0 Å². The van der Waals surface area contributed by atoms with Crippen molar-refractivity contribution in [2.24, 2.45) is 5.92 Å². The summed E-state index contributed by atoms with van der Waals surface area (Å²) in [6, 6.07) is 8.54. The largest absolute Gasteiger partial charge is 0.341 e. The molecule has 0 bridgehead atoms. The average Bonchev–Trinajstić information content (AvgIpc) is 3.15. The van der Waals surface area contributed by atoms with Gasteiger partial charge in [-0.05, 0) is 43.2 Å². The van der Waals surface area contributed by atoms with Crippen LogP contribution in [0.2, 0.25) is 0 Å². The number of hydrogen-bond donors (Lipinski definition) is 1. The molecule has 1 amide bonds. The zero-order chi connectivity index (χ0) is 17.8. The fourth-order valence-electron chi connectivity index (χ4n) is 3.64. The maximum Gasteiger partial charge on any atom is 0.229 e. The van der Waals surface area contributed by atoms with Gasteiger partial charge in [-0.3, -0.25) is 9.89 Å². The molecule has 1 unspecified atom stereocenters. The number of carbonyl (C=O) groups is 1. The van der Waals surface area contributed by atoms with Crippen molar-refractivity contribution >= 4 is 5.91 Å². The van der Waals surface area contributed by atoms with Crippen LogP contribution in [0.5, 0.6) is 0 Å². The standard InChI is InChI=1S/C20H28N4O/c1-14(2)11-16-6-8-17(9-7-16)15(3)20(25)24-10-4-5-18(12-24)19-21-13-22-23-19/h6-9,13-15,18H,4-5,10-12H2,1-3H3,(H,21,22,23)/t15-,18?/m0/s1. The number of nitrogens with one attached hydrogen (secondary N) is 1. The number of likely N-dealkylation sites (tertiary alicyclic amines) is 1. The smallest absolute Gasteiger partial charge is 0.229 e.